The Bertz CT molecular complexity index is 512. The maximum absolute atomic E-state index is 12.2. The van der Waals surface area contributed by atoms with E-state index >= 15 is 0 Å². The third kappa shape index (κ3) is 3.61. The average molecular weight is 289 g/mol. The summed E-state index contributed by atoms with van der Waals surface area (Å²) in [6.07, 6.45) is 0.814. The van der Waals surface area contributed by atoms with Gasteiger partial charge >= 0.3 is 11.8 Å². The Morgan fingerprint density at radius 3 is 2.67 bits per heavy atom. The Balaban J connectivity index is 1.88. The molecule has 0 unspecified atom stereocenters. The fourth-order valence-corrected chi connectivity index (χ4v) is 2.61. The van der Waals surface area contributed by atoms with Crippen LogP contribution in [0, 0.1) is 0 Å². The molecule has 114 valence electrons. The second-order valence-corrected chi connectivity index (χ2v) is 5.12. The van der Waals surface area contributed by atoms with Crippen molar-refractivity contribution in [3.05, 3.63) is 29.8 Å². The molecule has 1 aromatic rings. The molecule has 2 rings (SSSR count). The number of benzene rings is 1. The summed E-state index contributed by atoms with van der Waals surface area (Å²) < 4.78 is 0. The average Bonchev–Trinajstić information content (AvgIpc) is 2.94. The van der Waals surface area contributed by atoms with Gasteiger partial charge in [0.25, 0.3) is 0 Å². The fraction of sp³-hybridized carbons (Fsp3) is 0.500. The number of para-hydroxylation sites is 1. The van der Waals surface area contributed by atoms with Crippen LogP contribution in [0.15, 0.2) is 24.3 Å². The van der Waals surface area contributed by atoms with Crippen molar-refractivity contribution in [1.29, 1.82) is 0 Å². The van der Waals surface area contributed by atoms with Crippen LogP contribution >= 0.6 is 0 Å². The Hall–Kier alpha value is -1.88. The van der Waals surface area contributed by atoms with Gasteiger partial charge in [-0.15, -0.1) is 0 Å². The second kappa shape index (κ2) is 7.22. The topological polar surface area (TPSA) is 52.7 Å². The maximum Gasteiger partial charge on any atom is 0.316 e. The molecular weight excluding hydrogens is 266 g/mol. The van der Waals surface area contributed by atoms with Gasteiger partial charge in [-0.3, -0.25) is 9.59 Å². The number of rotatable bonds is 5. The quantitative estimate of drug-likeness (QED) is 0.824. The molecule has 1 aliphatic heterocycles. The minimum atomic E-state index is -0.515. The Labute approximate surface area is 125 Å². The first-order valence-corrected chi connectivity index (χ1v) is 7.57. The lowest BCUT2D eigenvalue weighted by Gasteiger charge is -2.19. The molecule has 5 nitrogen and oxygen atoms in total. The SMILES string of the molecule is CCN(CC)CCNC(=O)C(=O)N1CCc2ccccc21. The monoisotopic (exact) mass is 289 g/mol. The number of nitrogens with one attached hydrogen (secondary N) is 1. The lowest BCUT2D eigenvalue weighted by molar-refractivity contribution is -0.137. The molecule has 0 saturated carbocycles. The molecule has 21 heavy (non-hydrogen) atoms. The first kappa shape index (κ1) is 15.5. The molecule has 0 fully saturated rings. The molecule has 1 heterocycles. The lowest BCUT2D eigenvalue weighted by Crippen LogP contribution is -2.44. The van der Waals surface area contributed by atoms with Gasteiger partial charge in [0.15, 0.2) is 0 Å². The highest BCUT2D eigenvalue weighted by Crippen LogP contribution is 2.27. The number of hydrogen-bond acceptors (Lipinski definition) is 3. The smallest absolute Gasteiger partial charge is 0.316 e. The number of nitrogens with zero attached hydrogens (tertiary/aromatic N) is 2. The third-order valence-corrected chi connectivity index (χ3v) is 3.93. The Morgan fingerprint density at radius 2 is 1.95 bits per heavy atom. The summed E-state index contributed by atoms with van der Waals surface area (Å²) in [6.45, 7) is 7.90. The third-order valence-electron chi connectivity index (χ3n) is 3.93. The van der Waals surface area contributed by atoms with Crippen molar-refractivity contribution >= 4 is 17.5 Å². The van der Waals surface area contributed by atoms with Crippen molar-refractivity contribution in [2.45, 2.75) is 20.3 Å². The van der Waals surface area contributed by atoms with Crippen LogP contribution in [0.5, 0.6) is 0 Å². The van der Waals surface area contributed by atoms with Crippen molar-refractivity contribution in [2.75, 3.05) is 37.6 Å². The number of fused-ring (bicyclic) bond motifs is 1. The number of hydrogen-bond donors (Lipinski definition) is 1. The van der Waals surface area contributed by atoms with Gasteiger partial charge in [0.05, 0.1) is 0 Å². The Morgan fingerprint density at radius 1 is 1.24 bits per heavy atom. The lowest BCUT2D eigenvalue weighted by atomic mass is 10.2. The number of likely N-dealkylation sites (N-methyl/N-ethyl adjacent to an activating group) is 1. The number of carbonyl (C=O) groups is 2. The van der Waals surface area contributed by atoms with E-state index in [1.165, 1.54) is 0 Å². The number of amides is 2. The molecule has 0 atom stereocenters. The van der Waals surface area contributed by atoms with Crippen LogP contribution < -0.4 is 10.2 Å². The summed E-state index contributed by atoms with van der Waals surface area (Å²) in [7, 11) is 0. The van der Waals surface area contributed by atoms with E-state index in [0.29, 0.717) is 13.1 Å². The molecule has 1 aromatic carbocycles. The first-order valence-electron chi connectivity index (χ1n) is 7.57. The zero-order chi connectivity index (χ0) is 15.2. The van der Waals surface area contributed by atoms with Crippen molar-refractivity contribution < 1.29 is 9.59 Å². The van der Waals surface area contributed by atoms with E-state index in [1.807, 2.05) is 24.3 Å². The van der Waals surface area contributed by atoms with Crippen molar-refractivity contribution in [1.82, 2.24) is 10.2 Å². The summed E-state index contributed by atoms with van der Waals surface area (Å²) in [5, 5.41) is 2.72. The summed E-state index contributed by atoms with van der Waals surface area (Å²) in [5.74, 6) is -0.974. The summed E-state index contributed by atoms with van der Waals surface area (Å²) >= 11 is 0. The minimum absolute atomic E-state index is 0.459. The molecule has 0 saturated heterocycles. The zero-order valence-electron chi connectivity index (χ0n) is 12.8. The van der Waals surface area contributed by atoms with Gasteiger partial charge in [-0.2, -0.15) is 0 Å². The molecular formula is C16H23N3O2. The highest BCUT2D eigenvalue weighted by atomic mass is 16.2. The van der Waals surface area contributed by atoms with Gasteiger partial charge in [-0.25, -0.2) is 0 Å². The van der Waals surface area contributed by atoms with Crippen LogP contribution in [0.4, 0.5) is 5.69 Å². The van der Waals surface area contributed by atoms with Crippen molar-refractivity contribution in [3.8, 4) is 0 Å². The summed E-state index contributed by atoms with van der Waals surface area (Å²) in [4.78, 5) is 28.0. The fourth-order valence-electron chi connectivity index (χ4n) is 2.61. The maximum atomic E-state index is 12.2. The van der Waals surface area contributed by atoms with E-state index < -0.39 is 11.8 Å². The zero-order valence-corrected chi connectivity index (χ0v) is 12.8. The van der Waals surface area contributed by atoms with Crippen LogP contribution in [0.3, 0.4) is 0 Å². The van der Waals surface area contributed by atoms with Crippen molar-refractivity contribution in [3.63, 3.8) is 0 Å². The van der Waals surface area contributed by atoms with Gasteiger partial charge in [-0.1, -0.05) is 32.0 Å². The first-order chi connectivity index (χ1) is 10.2. The predicted molar refractivity (Wildman–Crippen MR) is 83.3 cm³/mol. The Kier molecular flexibility index (Phi) is 5.33. The van der Waals surface area contributed by atoms with Gasteiger partial charge in [0.2, 0.25) is 0 Å². The van der Waals surface area contributed by atoms with Gasteiger partial charge in [0.1, 0.15) is 0 Å². The molecule has 0 bridgehead atoms. The number of carbonyl (C=O) groups excluding carboxylic acids is 2. The van der Waals surface area contributed by atoms with Crippen LogP contribution in [0.25, 0.3) is 0 Å². The van der Waals surface area contributed by atoms with Crippen LogP contribution in [-0.4, -0.2) is 49.4 Å². The summed E-state index contributed by atoms with van der Waals surface area (Å²) in [6, 6.07) is 7.74. The minimum Gasteiger partial charge on any atom is -0.347 e. The van der Waals surface area contributed by atoms with Crippen LogP contribution in [0.2, 0.25) is 0 Å². The van der Waals surface area contributed by atoms with Gasteiger partial charge in [0, 0.05) is 25.3 Å². The largest absolute Gasteiger partial charge is 0.347 e. The second-order valence-electron chi connectivity index (χ2n) is 5.12. The van der Waals surface area contributed by atoms with Crippen LogP contribution in [0.1, 0.15) is 19.4 Å². The van der Waals surface area contributed by atoms with Gasteiger partial charge in [-0.05, 0) is 31.1 Å². The molecule has 0 aliphatic carbocycles. The predicted octanol–water partition coefficient (Wildman–Crippen LogP) is 1.03. The van der Waals surface area contributed by atoms with Crippen LogP contribution in [-0.2, 0) is 16.0 Å². The van der Waals surface area contributed by atoms with E-state index in [-0.39, 0.29) is 0 Å². The number of anilines is 1. The molecule has 2 amide bonds. The highest BCUT2D eigenvalue weighted by molar-refractivity contribution is 6.40. The normalized spacial score (nSPS) is 13.4. The molecule has 1 N–H and O–H groups in total. The standard InChI is InChI=1S/C16H23N3O2/c1-3-18(4-2)12-10-17-15(20)16(21)19-11-9-13-7-5-6-8-14(13)19/h5-8H,3-4,9-12H2,1-2H3,(H,17,20). The van der Waals surface area contributed by atoms with Gasteiger partial charge < -0.3 is 15.1 Å². The highest BCUT2D eigenvalue weighted by Gasteiger charge is 2.28. The van der Waals surface area contributed by atoms with E-state index in [2.05, 4.69) is 24.1 Å². The molecule has 0 radical (unpaired) electrons. The van der Waals surface area contributed by atoms with Crippen molar-refractivity contribution in [2.24, 2.45) is 0 Å². The summed E-state index contributed by atoms with van der Waals surface area (Å²) in [5.41, 5.74) is 1.99. The molecule has 0 spiro atoms. The van der Waals surface area contributed by atoms with E-state index in [4.69, 9.17) is 0 Å². The van der Waals surface area contributed by atoms with E-state index in [9.17, 15) is 9.59 Å². The molecule has 5 heteroatoms. The molecule has 0 aromatic heterocycles. The van der Waals surface area contributed by atoms with E-state index in [0.717, 1.165) is 37.3 Å². The molecule has 1 aliphatic rings. The van der Waals surface area contributed by atoms with E-state index in [1.54, 1.807) is 4.90 Å².